The summed E-state index contributed by atoms with van der Waals surface area (Å²) in [4.78, 5) is 34.5. The molecule has 0 saturated carbocycles. The molecule has 0 fully saturated rings. The number of nitrogens with two attached hydrogens (primary N) is 1. The van der Waals surface area contributed by atoms with E-state index in [1.54, 1.807) is 4.57 Å². The lowest BCUT2D eigenvalue weighted by Crippen LogP contribution is -2.19. The molecule has 9 heteroatoms. The highest BCUT2D eigenvalue weighted by molar-refractivity contribution is 5.70. The van der Waals surface area contributed by atoms with Gasteiger partial charge in [-0.3, -0.25) is 14.6 Å². The molecule has 0 aliphatic heterocycles. The minimum Gasteiger partial charge on any atom is -0.466 e. The molecule has 0 saturated heterocycles. The zero-order valence-corrected chi connectivity index (χ0v) is 21.5. The van der Waals surface area contributed by atoms with E-state index in [0.29, 0.717) is 25.0 Å². The van der Waals surface area contributed by atoms with E-state index in [1.165, 1.54) is 77.0 Å². The Kier molecular flexibility index (Phi) is 14.1. The van der Waals surface area contributed by atoms with Crippen molar-refractivity contribution in [3.8, 4) is 0 Å². The molecule has 2 aromatic heterocycles. The number of aromatic nitrogens is 4. The van der Waals surface area contributed by atoms with Crippen LogP contribution in [0.4, 0.5) is 5.95 Å². The van der Waals surface area contributed by atoms with Gasteiger partial charge in [0, 0.05) is 25.5 Å². The number of hydrogen-bond acceptors (Lipinski definition) is 7. The van der Waals surface area contributed by atoms with E-state index in [2.05, 4.69) is 21.9 Å². The summed E-state index contributed by atoms with van der Waals surface area (Å²) in [6, 6.07) is 0. The Labute approximate surface area is 208 Å². The zero-order chi connectivity index (χ0) is 25.3. The summed E-state index contributed by atoms with van der Waals surface area (Å²) in [5.74, 6) is -0.315. The molecular weight excluding hydrogens is 446 g/mol. The van der Waals surface area contributed by atoms with Gasteiger partial charge in [0.25, 0.3) is 5.56 Å². The van der Waals surface area contributed by atoms with Crippen molar-refractivity contribution in [2.45, 2.75) is 110 Å². The van der Waals surface area contributed by atoms with Crippen LogP contribution in [-0.2, 0) is 16.1 Å². The Morgan fingerprint density at radius 1 is 1.06 bits per heavy atom. The molecule has 0 spiro atoms. The molecular formula is C26H45N5O4. The summed E-state index contributed by atoms with van der Waals surface area (Å²) in [5, 5.41) is 9.72. The fraction of sp³-hybridized carbons (Fsp3) is 0.769. The predicted octanol–water partition coefficient (Wildman–Crippen LogP) is 4.72. The van der Waals surface area contributed by atoms with Gasteiger partial charge in [-0.25, -0.2) is 4.98 Å². The van der Waals surface area contributed by atoms with Gasteiger partial charge in [0.2, 0.25) is 5.95 Å². The Bertz CT molecular complexity index is 911. The van der Waals surface area contributed by atoms with Gasteiger partial charge in [0.15, 0.2) is 11.2 Å². The maximum Gasteiger partial charge on any atom is 0.305 e. The number of nitrogens with zero attached hydrogens (tertiary/aromatic N) is 3. The Hall–Kier alpha value is -2.42. The molecule has 2 rings (SSSR count). The number of anilines is 1. The second-order valence-electron chi connectivity index (χ2n) is 9.57. The fourth-order valence-electron chi connectivity index (χ4n) is 4.32. The van der Waals surface area contributed by atoms with Crippen LogP contribution in [0.2, 0.25) is 0 Å². The highest BCUT2D eigenvalue weighted by Gasteiger charge is 2.15. The molecule has 4 N–H and O–H groups in total. The van der Waals surface area contributed by atoms with Crippen molar-refractivity contribution in [3.63, 3.8) is 0 Å². The molecule has 35 heavy (non-hydrogen) atoms. The van der Waals surface area contributed by atoms with Gasteiger partial charge >= 0.3 is 5.97 Å². The van der Waals surface area contributed by atoms with Gasteiger partial charge in [-0.15, -0.1) is 0 Å². The lowest BCUT2D eigenvalue weighted by molar-refractivity contribution is -0.144. The monoisotopic (exact) mass is 491 g/mol. The van der Waals surface area contributed by atoms with E-state index >= 15 is 0 Å². The summed E-state index contributed by atoms with van der Waals surface area (Å²) in [6.45, 7) is 2.84. The number of rotatable bonds is 20. The highest BCUT2D eigenvalue weighted by Crippen LogP contribution is 2.14. The molecule has 198 valence electrons. The molecule has 1 atom stereocenters. The van der Waals surface area contributed by atoms with Gasteiger partial charge in [-0.1, -0.05) is 84.0 Å². The number of esters is 1. The number of hydrogen-bond donors (Lipinski definition) is 3. The minimum atomic E-state index is -0.395. The quantitative estimate of drug-likeness (QED) is 0.180. The molecule has 9 nitrogen and oxygen atoms in total. The predicted molar refractivity (Wildman–Crippen MR) is 139 cm³/mol. The first-order chi connectivity index (χ1) is 17.0. The minimum absolute atomic E-state index is 0.0203. The molecule has 2 aromatic rings. The van der Waals surface area contributed by atoms with E-state index in [4.69, 9.17) is 10.5 Å². The first-order valence-corrected chi connectivity index (χ1v) is 13.5. The summed E-state index contributed by atoms with van der Waals surface area (Å²) >= 11 is 0. The van der Waals surface area contributed by atoms with Crippen molar-refractivity contribution < 1.29 is 14.6 Å². The zero-order valence-electron chi connectivity index (χ0n) is 21.5. The SMILES string of the molecule is CCCCCCCCCCCCCCCC(=O)OCCC(CO)Cn1cnc2c(=O)[nH]c(N)nc21. The molecule has 0 aliphatic carbocycles. The number of H-pyrrole nitrogens is 1. The van der Waals surface area contributed by atoms with Gasteiger partial charge in [-0.05, 0) is 12.8 Å². The number of ether oxygens (including phenoxy) is 1. The van der Waals surface area contributed by atoms with Crippen LogP contribution in [-0.4, -0.2) is 43.8 Å². The van der Waals surface area contributed by atoms with Crippen LogP contribution in [0.3, 0.4) is 0 Å². The third-order valence-corrected chi connectivity index (χ3v) is 6.48. The van der Waals surface area contributed by atoms with E-state index in [-0.39, 0.29) is 36.6 Å². The molecule has 0 amide bonds. The average Bonchev–Trinajstić information content (AvgIpc) is 3.24. The second-order valence-corrected chi connectivity index (χ2v) is 9.57. The van der Waals surface area contributed by atoms with Crippen molar-refractivity contribution in [1.29, 1.82) is 0 Å². The maximum atomic E-state index is 12.0. The topological polar surface area (TPSA) is 136 Å². The molecule has 0 radical (unpaired) electrons. The number of unbranched alkanes of at least 4 members (excludes halogenated alkanes) is 12. The largest absolute Gasteiger partial charge is 0.466 e. The number of fused-ring (bicyclic) bond motifs is 1. The first-order valence-electron chi connectivity index (χ1n) is 13.5. The van der Waals surface area contributed by atoms with E-state index in [0.717, 1.165) is 12.8 Å². The van der Waals surface area contributed by atoms with Crippen molar-refractivity contribution in [2.75, 3.05) is 18.9 Å². The van der Waals surface area contributed by atoms with Crippen LogP contribution in [0, 0.1) is 5.92 Å². The van der Waals surface area contributed by atoms with Crippen molar-refractivity contribution in [1.82, 2.24) is 19.5 Å². The van der Waals surface area contributed by atoms with Crippen LogP contribution in [0.15, 0.2) is 11.1 Å². The normalized spacial score (nSPS) is 12.3. The number of aromatic amines is 1. The molecule has 0 bridgehead atoms. The fourth-order valence-corrected chi connectivity index (χ4v) is 4.32. The van der Waals surface area contributed by atoms with E-state index < -0.39 is 5.56 Å². The van der Waals surface area contributed by atoms with Crippen molar-refractivity contribution in [2.24, 2.45) is 5.92 Å². The number of aliphatic hydroxyl groups excluding tert-OH is 1. The van der Waals surface area contributed by atoms with Crippen molar-refractivity contribution >= 4 is 23.1 Å². The molecule has 2 heterocycles. The summed E-state index contributed by atoms with van der Waals surface area (Å²) in [7, 11) is 0. The Balaban J connectivity index is 1.50. The third kappa shape index (κ3) is 11.2. The lowest BCUT2D eigenvalue weighted by Gasteiger charge is -2.15. The number of nitrogens with one attached hydrogen (secondary N) is 1. The van der Waals surface area contributed by atoms with Gasteiger partial charge in [0.05, 0.1) is 12.9 Å². The summed E-state index contributed by atoms with van der Waals surface area (Å²) in [6.07, 6.45) is 19.0. The number of carbonyl (C=O) groups is 1. The van der Waals surface area contributed by atoms with E-state index in [1.807, 2.05) is 0 Å². The van der Waals surface area contributed by atoms with E-state index in [9.17, 15) is 14.7 Å². The van der Waals surface area contributed by atoms with Crippen LogP contribution < -0.4 is 11.3 Å². The first kappa shape index (κ1) is 28.8. The van der Waals surface area contributed by atoms with Gasteiger partial charge in [0.1, 0.15) is 0 Å². The summed E-state index contributed by atoms with van der Waals surface area (Å²) in [5.41, 5.74) is 5.82. The average molecular weight is 492 g/mol. The number of imidazole rings is 1. The number of nitrogen functional groups attached to an aromatic ring is 1. The van der Waals surface area contributed by atoms with Crippen LogP contribution in [0.25, 0.3) is 11.2 Å². The highest BCUT2D eigenvalue weighted by atomic mass is 16.5. The van der Waals surface area contributed by atoms with Gasteiger partial charge < -0.3 is 20.1 Å². The molecule has 0 aromatic carbocycles. The third-order valence-electron chi connectivity index (χ3n) is 6.48. The van der Waals surface area contributed by atoms with Gasteiger partial charge in [-0.2, -0.15) is 4.98 Å². The molecule has 1 unspecified atom stereocenters. The van der Waals surface area contributed by atoms with Crippen molar-refractivity contribution in [3.05, 3.63) is 16.7 Å². The van der Waals surface area contributed by atoms with Crippen LogP contribution >= 0.6 is 0 Å². The standard InChI is InChI=1S/C26H45N5O4/c1-2-3-4-5-6-7-8-9-10-11-12-13-14-15-22(33)35-17-16-21(19-32)18-31-20-28-23-24(31)29-26(27)30-25(23)34/h20-21,32H,2-19H2,1H3,(H3,27,29,30,34). The maximum absolute atomic E-state index is 12.0. The van der Waals surface area contributed by atoms with Crippen LogP contribution in [0.5, 0.6) is 0 Å². The number of carbonyl (C=O) groups excluding carboxylic acids is 1. The molecule has 0 aliphatic rings. The lowest BCUT2D eigenvalue weighted by atomic mass is 10.0. The Morgan fingerprint density at radius 2 is 1.66 bits per heavy atom. The summed E-state index contributed by atoms with van der Waals surface area (Å²) < 4.78 is 7.05. The van der Waals surface area contributed by atoms with Crippen LogP contribution in [0.1, 0.15) is 103 Å². The Morgan fingerprint density at radius 3 is 2.26 bits per heavy atom. The smallest absolute Gasteiger partial charge is 0.305 e. The number of aliphatic hydroxyl groups is 1. The second kappa shape index (κ2) is 17.1.